The van der Waals surface area contributed by atoms with Gasteiger partial charge in [-0.15, -0.1) is 0 Å². The minimum Gasteiger partial charge on any atom is -0.497 e. The number of rotatable bonds is 10. The van der Waals surface area contributed by atoms with Gasteiger partial charge in [-0.1, -0.05) is 6.07 Å². The minimum atomic E-state index is 0.551. The Hall–Kier alpha value is -1.95. The van der Waals surface area contributed by atoms with Gasteiger partial charge in [-0.05, 0) is 25.5 Å². The lowest BCUT2D eigenvalue weighted by Gasteiger charge is -2.12. The Kier molecular flexibility index (Phi) is 9.61. The van der Waals surface area contributed by atoms with E-state index < -0.39 is 0 Å². The topological polar surface area (TPSA) is 64.1 Å². The van der Waals surface area contributed by atoms with Gasteiger partial charge in [0.2, 0.25) is 0 Å². The van der Waals surface area contributed by atoms with Crippen LogP contribution in [0, 0.1) is 0 Å². The molecule has 6 nitrogen and oxygen atoms in total. The molecule has 124 valence electrons. The quantitative estimate of drug-likeness (QED) is 0.391. The summed E-state index contributed by atoms with van der Waals surface area (Å²) in [5.74, 6) is 2.38. The Balaban J connectivity index is 2.29. The molecule has 0 saturated carbocycles. The lowest BCUT2D eigenvalue weighted by atomic mass is 10.3. The van der Waals surface area contributed by atoms with Crippen LogP contribution in [0.1, 0.15) is 13.3 Å². The van der Waals surface area contributed by atoms with Gasteiger partial charge in [0.15, 0.2) is 5.96 Å². The van der Waals surface area contributed by atoms with Crippen molar-refractivity contribution in [3.05, 3.63) is 24.3 Å². The molecule has 0 atom stereocenters. The third-order valence-electron chi connectivity index (χ3n) is 2.83. The van der Waals surface area contributed by atoms with E-state index >= 15 is 0 Å². The van der Waals surface area contributed by atoms with Crippen LogP contribution in [0.4, 0.5) is 0 Å². The van der Waals surface area contributed by atoms with E-state index in [1.54, 1.807) is 14.2 Å². The lowest BCUT2D eigenvalue weighted by Crippen LogP contribution is -2.39. The van der Waals surface area contributed by atoms with E-state index in [2.05, 4.69) is 15.6 Å². The molecule has 0 saturated heterocycles. The van der Waals surface area contributed by atoms with Crippen LogP contribution in [-0.4, -0.2) is 53.0 Å². The number of aliphatic imine (C=N–C) groups is 1. The zero-order valence-electron chi connectivity index (χ0n) is 13.7. The van der Waals surface area contributed by atoms with Crippen LogP contribution in [0.25, 0.3) is 0 Å². The summed E-state index contributed by atoms with van der Waals surface area (Å²) < 4.78 is 15.8. The fourth-order valence-corrected chi connectivity index (χ4v) is 1.77. The molecule has 0 unspecified atom stereocenters. The number of guanidine groups is 1. The highest BCUT2D eigenvalue weighted by atomic mass is 16.5. The summed E-state index contributed by atoms with van der Waals surface area (Å²) in [6.07, 6.45) is 0.910. The molecule has 1 aromatic carbocycles. The fraction of sp³-hybridized carbons (Fsp3) is 0.562. The Morgan fingerprint density at radius 1 is 1.14 bits per heavy atom. The van der Waals surface area contributed by atoms with E-state index in [-0.39, 0.29) is 0 Å². The smallest absolute Gasteiger partial charge is 0.191 e. The predicted molar refractivity (Wildman–Crippen MR) is 89.0 cm³/mol. The first-order chi connectivity index (χ1) is 10.8. The van der Waals surface area contributed by atoms with Crippen molar-refractivity contribution in [3.63, 3.8) is 0 Å². The SMILES string of the molecule is CCNC(=NCCCOC)NCCOc1cccc(OC)c1. The van der Waals surface area contributed by atoms with Gasteiger partial charge in [-0.2, -0.15) is 0 Å². The molecular weight excluding hydrogens is 282 g/mol. The van der Waals surface area contributed by atoms with Crippen molar-refractivity contribution in [2.45, 2.75) is 13.3 Å². The molecule has 0 heterocycles. The number of benzene rings is 1. The molecule has 0 aromatic heterocycles. The van der Waals surface area contributed by atoms with Gasteiger partial charge >= 0.3 is 0 Å². The molecule has 6 heteroatoms. The van der Waals surface area contributed by atoms with Crippen molar-refractivity contribution in [3.8, 4) is 11.5 Å². The van der Waals surface area contributed by atoms with Crippen molar-refractivity contribution in [2.24, 2.45) is 4.99 Å². The highest BCUT2D eigenvalue weighted by Crippen LogP contribution is 2.18. The maximum Gasteiger partial charge on any atom is 0.191 e. The summed E-state index contributed by atoms with van der Waals surface area (Å²) in [5.41, 5.74) is 0. The number of nitrogens with one attached hydrogen (secondary N) is 2. The summed E-state index contributed by atoms with van der Waals surface area (Å²) in [6.45, 7) is 5.55. The molecule has 0 aliphatic heterocycles. The molecule has 0 bridgehead atoms. The maximum absolute atomic E-state index is 5.67. The monoisotopic (exact) mass is 309 g/mol. The second-order valence-corrected chi connectivity index (χ2v) is 4.56. The zero-order valence-corrected chi connectivity index (χ0v) is 13.7. The highest BCUT2D eigenvalue weighted by Gasteiger charge is 1.99. The first-order valence-corrected chi connectivity index (χ1v) is 7.58. The van der Waals surface area contributed by atoms with Crippen LogP contribution in [0.2, 0.25) is 0 Å². The number of methoxy groups -OCH3 is 2. The average molecular weight is 309 g/mol. The van der Waals surface area contributed by atoms with Crippen molar-refractivity contribution >= 4 is 5.96 Å². The molecule has 0 fully saturated rings. The molecule has 0 aliphatic rings. The van der Waals surface area contributed by atoms with Gasteiger partial charge in [0, 0.05) is 32.9 Å². The van der Waals surface area contributed by atoms with Gasteiger partial charge in [0.05, 0.1) is 13.7 Å². The zero-order chi connectivity index (χ0) is 16.0. The van der Waals surface area contributed by atoms with Crippen LogP contribution < -0.4 is 20.1 Å². The Labute approximate surface area is 132 Å². The molecule has 2 N–H and O–H groups in total. The molecular formula is C16H27N3O3. The second kappa shape index (κ2) is 11.7. The number of hydrogen-bond acceptors (Lipinski definition) is 4. The van der Waals surface area contributed by atoms with Crippen LogP contribution in [0.3, 0.4) is 0 Å². The standard InChI is InChI=1S/C16H27N3O3/c1-4-17-16(18-9-6-11-20-2)19-10-12-22-15-8-5-7-14(13-15)21-3/h5,7-8,13H,4,6,9-12H2,1-3H3,(H2,17,18,19). The van der Waals surface area contributed by atoms with Gasteiger partial charge in [0.1, 0.15) is 18.1 Å². The summed E-state index contributed by atoms with van der Waals surface area (Å²) >= 11 is 0. The molecule has 0 amide bonds. The van der Waals surface area contributed by atoms with E-state index in [1.807, 2.05) is 31.2 Å². The van der Waals surface area contributed by atoms with E-state index in [1.165, 1.54) is 0 Å². The lowest BCUT2D eigenvalue weighted by molar-refractivity contribution is 0.197. The first-order valence-electron chi connectivity index (χ1n) is 7.58. The molecule has 1 rings (SSSR count). The van der Waals surface area contributed by atoms with Crippen molar-refractivity contribution < 1.29 is 14.2 Å². The van der Waals surface area contributed by atoms with Crippen LogP contribution in [-0.2, 0) is 4.74 Å². The van der Waals surface area contributed by atoms with Crippen LogP contribution in [0.15, 0.2) is 29.3 Å². The number of ether oxygens (including phenoxy) is 3. The summed E-state index contributed by atoms with van der Waals surface area (Å²) in [4.78, 5) is 4.46. The van der Waals surface area contributed by atoms with Gasteiger partial charge in [-0.25, -0.2) is 0 Å². The third kappa shape index (κ3) is 7.73. The van der Waals surface area contributed by atoms with Crippen molar-refractivity contribution in [1.82, 2.24) is 10.6 Å². The van der Waals surface area contributed by atoms with E-state index in [4.69, 9.17) is 14.2 Å². The van der Waals surface area contributed by atoms with E-state index in [0.29, 0.717) is 13.2 Å². The third-order valence-corrected chi connectivity index (χ3v) is 2.83. The minimum absolute atomic E-state index is 0.551. The molecule has 0 radical (unpaired) electrons. The molecule has 0 aliphatic carbocycles. The molecule has 1 aromatic rings. The second-order valence-electron chi connectivity index (χ2n) is 4.56. The number of hydrogen-bond donors (Lipinski definition) is 2. The van der Waals surface area contributed by atoms with Crippen LogP contribution >= 0.6 is 0 Å². The highest BCUT2D eigenvalue weighted by molar-refractivity contribution is 5.79. The van der Waals surface area contributed by atoms with Crippen LogP contribution in [0.5, 0.6) is 11.5 Å². The van der Waals surface area contributed by atoms with Gasteiger partial charge in [0.25, 0.3) is 0 Å². The summed E-state index contributed by atoms with van der Waals surface area (Å²) in [6, 6.07) is 7.57. The van der Waals surface area contributed by atoms with E-state index in [9.17, 15) is 0 Å². The summed E-state index contributed by atoms with van der Waals surface area (Å²) in [7, 11) is 3.34. The maximum atomic E-state index is 5.67. The Bertz CT molecular complexity index is 438. The van der Waals surface area contributed by atoms with E-state index in [0.717, 1.165) is 43.6 Å². The van der Waals surface area contributed by atoms with Crippen molar-refractivity contribution in [1.29, 1.82) is 0 Å². The summed E-state index contributed by atoms with van der Waals surface area (Å²) in [5, 5.41) is 6.44. The molecule has 22 heavy (non-hydrogen) atoms. The fourth-order valence-electron chi connectivity index (χ4n) is 1.77. The Morgan fingerprint density at radius 3 is 2.68 bits per heavy atom. The largest absolute Gasteiger partial charge is 0.497 e. The van der Waals surface area contributed by atoms with Gasteiger partial charge in [-0.3, -0.25) is 4.99 Å². The van der Waals surface area contributed by atoms with Crippen molar-refractivity contribution in [2.75, 3.05) is 47.1 Å². The molecule has 0 spiro atoms. The Morgan fingerprint density at radius 2 is 1.95 bits per heavy atom. The normalized spacial score (nSPS) is 11.1. The first kappa shape index (κ1) is 18.1. The van der Waals surface area contributed by atoms with Gasteiger partial charge < -0.3 is 24.8 Å². The average Bonchev–Trinajstić information content (AvgIpc) is 2.55. The predicted octanol–water partition coefficient (Wildman–Crippen LogP) is 1.67. The number of nitrogens with zero attached hydrogens (tertiary/aromatic N) is 1.